The summed E-state index contributed by atoms with van der Waals surface area (Å²) in [6, 6.07) is 7.34. The van der Waals surface area contributed by atoms with Crippen molar-refractivity contribution in [2.45, 2.75) is 40.7 Å². The largest absolute Gasteiger partial charge is 0.491 e. The molecule has 6 heteroatoms. The first-order valence-electron chi connectivity index (χ1n) is 8.95. The molecule has 2 aromatic rings. The van der Waals surface area contributed by atoms with E-state index >= 15 is 0 Å². The third kappa shape index (κ3) is 5.59. The van der Waals surface area contributed by atoms with Crippen molar-refractivity contribution in [2.75, 3.05) is 25.6 Å². The van der Waals surface area contributed by atoms with Crippen LogP contribution < -0.4 is 10.1 Å². The van der Waals surface area contributed by atoms with E-state index < -0.39 is 0 Å². The summed E-state index contributed by atoms with van der Waals surface area (Å²) in [6.07, 6.45) is 0.321. The lowest BCUT2D eigenvalue weighted by atomic mass is 10.1. The predicted octanol–water partition coefficient (Wildman–Crippen LogP) is 3.36. The molecule has 0 atom stereocenters. The minimum atomic E-state index is -0.0478. The Bertz CT molecular complexity index is 721. The maximum Gasteiger partial charge on any atom is 0.228 e. The van der Waals surface area contributed by atoms with Crippen LogP contribution in [0.3, 0.4) is 0 Å². The minimum Gasteiger partial charge on any atom is -0.491 e. The standard InChI is InChI=1S/C20H29N3O3/c1-14(2)13-23-16(4)19(15(3)22-23)12-20(24)21-17-6-8-18(9-7-17)26-11-10-25-5/h6-9,14H,10-13H2,1-5H3,(H,21,24). The number of amides is 1. The number of rotatable bonds is 9. The van der Waals surface area contributed by atoms with Crippen molar-refractivity contribution in [2.24, 2.45) is 5.92 Å². The van der Waals surface area contributed by atoms with Gasteiger partial charge in [0, 0.05) is 30.6 Å². The second kappa shape index (κ2) is 9.38. The normalized spacial score (nSPS) is 11.0. The van der Waals surface area contributed by atoms with E-state index in [0.29, 0.717) is 25.6 Å². The molecule has 1 heterocycles. The third-order valence-corrected chi connectivity index (χ3v) is 4.10. The molecule has 1 aromatic carbocycles. The quantitative estimate of drug-likeness (QED) is 0.697. The fourth-order valence-corrected chi connectivity index (χ4v) is 2.76. The van der Waals surface area contributed by atoms with Gasteiger partial charge < -0.3 is 14.8 Å². The van der Waals surface area contributed by atoms with E-state index in [-0.39, 0.29) is 5.91 Å². The van der Waals surface area contributed by atoms with Gasteiger partial charge in [0.2, 0.25) is 5.91 Å². The summed E-state index contributed by atoms with van der Waals surface area (Å²) in [7, 11) is 1.64. The van der Waals surface area contributed by atoms with Crippen molar-refractivity contribution in [3.63, 3.8) is 0 Å². The molecule has 0 unspecified atom stereocenters. The van der Waals surface area contributed by atoms with E-state index in [4.69, 9.17) is 9.47 Å². The number of methoxy groups -OCH3 is 1. The second-order valence-electron chi connectivity index (χ2n) is 6.82. The summed E-state index contributed by atoms with van der Waals surface area (Å²) in [6.45, 7) is 10.2. The van der Waals surface area contributed by atoms with Crippen molar-refractivity contribution in [1.82, 2.24) is 9.78 Å². The highest BCUT2D eigenvalue weighted by molar-refractivity contribution is 5.92. The van der Waals surface area contributed by atoms with Gasteiger partial charge in [-0.15, -0.1) is 0 Å². The van der Waals surface area contributed by atoms with Gasteiger partial charge >= 0.3 is 0 Å². The molecule has 2 rings (SSSR count). The number of benzene rings is 1. The molecule has 0 aliphatic rings. The van der Waals surface area contributed by atoms with Crippen LogP contribution in [0.15, 0.2) is 24.3 Å². The first kappa shape index (κ1) is 20.0. The molecular weight excluding hydrogens is 330 g/mol. The molecule has 6 nitrogen and oxygen atoms in total. The molecule has 0 aliphatic heterocycles. The Labute approximate surface area is 155 Å². The van der Waals surface area contributed by atoms with E-state index in [9.17, 15) is 4.79 Å². The first-order valence-corrected chi connectivity index (χ1v) is 8.95. The van der Waals surface area contributed by atoms with Gasteiger partial charge in [0.05, 0.1) is 18.7 Å². The Kier molecular flexibility index (Phi) is 7.21. The maximum atomic E-state index is 12.4. The molecule has 0 spiro atoms. The average molecular weight is 359 g/mol. The summed E-state index contributed by atoms with van der Waals surface area (Å²) in [5.41, 5.74) is 3.73. The predicted molar refractivity (Wildman–Crippen MR) is 103 cm³/mol. The fourth-order valence-electron chi connectivity index (χ4n) is 2.76. The number of nitrogens with one attached hydrogen (secondary N) is 1. The van der Waals surface area contributed by atoms with Crippen molar-refractivity contribution >= 4 is 11.6 Å². The second-order valence-corrected chi connectivity index (χ2v) is 6.82. The minimum absolute atomic E-state index is 0.0478. The van der Waals surface area contributed by atoms with Gasteiger partial charge in [-0.25, -0.2) is 0 Å². The average Bonchev–Trinajstić information content (AvgIpc) is 2.83. The molecule has 0 saturated heterocycles. The highest BCUT2D eigenvalue weighted by atomic mass is 16.5. The molecule has 0 aliphatic carbocycles. The molecule has 142 valence electrons. The Morgan fingerprint density at radius 1 is 1.19 bits per heavy atom. The molecule has 1 N–H and O–H groups in total. The van der Waals surface area contributed by atoms with Gasteiger partial charge in [-0.1, -0.05) is 13.8 Å². The van der Waals surface area contributed by atoms with Crippen LogP contribution in [-0.2, 0) is 22.5 Å². The van der Waals surface area contributed by atoms with Crippen LogP contribution in [0.4, 0.5) is 5.69 Å². The molecule has 1 amide bonds. The number of carbonyl (C=O) groups is 1. The smallest absolute Gasteiger partial charge is 0.228 e. The van der Waals surface area contributed by atoms with Gasteiger partial charge in [-0.2, -0.15) is 5.10 Å². The van der Waals surface area contributed by atoms with Crippen LogP contribution in [0.25, 0.3) is 0 Å². The lowest BCUT2D eigenvalue weighted by molar-refractivity contribution is -0.115. The van der Waals surface area contributed by atoms with Gasteiger partial charge in [0.1, 0.15) is 12.4 Å². The van der Waals surface area contributed by atoms with E-state index in [1.807, 2.05) is 42.8 Å². The molecule has 0 radical (unpaired) electrons. The van der Waals surface area contributed by atoms with E-state index in [1.54, 1.807) is 7.11 Å². The molecule has 0 bridgehead atoms. The lowest BCUT2D eigenvalue weighted by Crippen LogP contribution is -2.15. The SMILES string of the molecule is COCCOc1ccc(NC(=O)Cc2c(C)nn(CC(C)C)c2C)cc1. The van der Waals surface area contributed by atoms with Crippen LogP contribution >= 0.6 is 0 Å². The highest BCUT2D eigenvalue weighted by Crippen LogP contribution is 2.18. The summed E-state index contributed by atoms with van der Waals surface area (Å²) in [5.74, 6) is 1.22. The van der Waals surface area contributed by atoms with E-state index in [0.717, 1.165) is 34.9 Å². The lowest BCUT2D eigenvalue weighted by Gasteiger charge is -2.09. The number of nitrogens with zero attached hydrogens (tertiary/aromatic N) is 2. The van der Waals surface area contributed by atoms with Crippen molar-refractivity contribution < 1.29 is 14.3 Å². The number of ether oxygens (including phenoxy) is 2. The van der Waals surface area contributed by atoms with Crippen LogP contribution in [-0.4, -0.2) is 36.0 Å². The van der Waals surface area contributed by atoms with Gasteiger partial charge in [0.15, 0.2) is 0 Å². The number of aryl methyl sites for hydroxylation is 1. The number of hydrogen-bond donors (Lipinski definition) is 1. The summed E-state index contributed by atoms with van der Waals surface area (Å²) >= 11 is 0. The Morgan fingerprint density at radius 3 is 2.50 bits per heavy atom. The van der Waals surface area contributed by atoms with Crippen LogP contribution in [0, 0.1) is 19.8 Å². The molecule has 0 saturated carbocycles. The first-order chi connectivity index (χ1) is 12.4. The molecule has 1 aromatic heterocycles. The van der Waals surface area contributed by atoms with Gasteiger partial charge in [-0.05, 0) is 44.0 Å². The maximum absolute atomic E-state index is 12.4. The zero-order valence-corrected chi connectivity index (χ0v) is 16.3. The topological polar surface area (TPSA) is 65.4 Å². The van der Waals surface area contributed by atoms with E-state index in [2.05, 4.69) is 24.3 Å². The molecular formula is C20H29N3O3. The highest BCUT2D eigenvalue weighted by Gasteiger charge is 2.15. The van der Waals surface area contributed by atoms with Crippen LogP contribution in [0.1, 0.15) is 30.8 Å². The van der Waals surface area contributed by atoms with Crippen molar-refractivity contribution in [3.8, 4) is 5.75 Å². The van der Waals surface area contributed by atoms with E-state index in [1.165, 1.54) is 0 Å². The van der Waals surface area contributed by atoms with Gasteiger partial charge in [-0.3, -0.25) is 9.48 Å². The summed E-state index contributed by atoms with van der Waals surface area (Å²) < 4.78 is 12.5. The number of anilines is 1. The summed E-state index contributed by atoms with van der Waals surface area (Å²) in [4.78, 5) is 12.4. The molecule has 0 fully saturated rings. The third-order valence-electron chi connectivity index (χ3n) is 4.10. The molecule has 26 heavy (non-hydrogen) atoms. The monoisotopic (exact) mass is 359 g/mol. The zero-order valence-electron chi connectivity index (χ0n) is 16.3. The van der Waals surface area contributed by atoms with Crippen molar-refractivity contribution in [1.29, 1.82) is 0 Å². The number of hydrogen-bond acceptors (Lipinski definition) is 4. The van der Waals surface area contributed by atoms with Crippen LogP contribution in [0.2, 0.25) is 0 Å². The Balaban J connectivity index is 1.95. The number of aromatic nitrogens is 2. The Morgan fingerprint density at radius 2 is 1.88 bits per heavy atom. The Hall–Kier alpha value is -2.34. The van der Waals surface area contributed by atoms with Crippen LogP contribution in [0.5, 0.6) is 5.75 Å². The van der Waals surface area contributed by atoms with Gasteiger partial charge in [0.25, 0.3) is 0 Å². The summed E-state index contributed by atoms with van der Waals surface area (Å²) in [5, 5.41) is 7.50. The van der Waals surface area contributed by atoms with Crippen molar-refractivity contribution in [3.05, 3.63) is 41.2 Å². The number of carbonyl (C=O) groups excluding carboxylic acids is 1. The zero-order chi connectivity index (χ0) is 19.1. The fraction of sp³-hybridized carbons (Fsp3) is 0.500.